The van der Waals surface area contributed by atoms with E-state index < -0.39 is 15.3 Å². The van der Waals surface area contributed by atoms with Gasteiger partial charge in [0.05, 0.1) is 11.4 Å². The second-order valence-electron chi connectivity index (χ2n) is 2.77. The Balaban J connectivity index is 4.81. The second kappa shape index (κ2) is 6.11. The minimum atomic E-state index is -3.10. The first-order valence-corrected chi connectivity index (χ1v) is 10.3. The summed E-state index contributed by atoms with van der Waals surface area (Å²) in [5.41, 5.74) is 3.81. The lowest BCUT2D eigenvalue weighted by atomic mass is 10.8. The zero-order chi connectivity index (χ0) is 11.9. The minimum Gasteiger partial charge on any atom is -0.412 e. The van der Waals surface area contributed by atoms with Crippen molar-refractivity contribution in [3.63, 3.8) is 0 Å². The van der Waals surface area contributed by atoms with Gasteiger partial charge in [-0.2, -0.15) is 0 Å². The summed E-state index contributed by atoms with van der Waals surface area (Å²) in [6.45, 7) is 6.97. The monoisotopic (exact) mass is 276 g/mol. The third-order valence-electron chi connectivity index (χ3n) is 1.47. The van der Waals surface area contributed by atoms with Gasteiger partial charge in [-0.25, -0.2) is 10.5 Å². The molecule has 0 aliphatic carbocycles. The van der Waals surface area contributed by atoms with Crippen molar-refractivity contribution >= 4 is 37.4 Å². The van der Waals surface area contributed by atoms with Gasteiger partial charge in [-0.1, -0.05) is 12.2 Å². The number of halogens is 2. The molecule has 0 amide bonds. The number of nitriles is 2. The zero-order valence-electron chi connectivity index (χ0n) is 8.04. The summed E-state index contributed by atoms with van der Waals surface area (Å²) in [6.07, 6.45) is 3.00. The standard InChI is InChI=1S/C8H10Cl2N2OSi2/c1-3-5-14(9,7-11)13-15(10,8-12)6-4-2/h3-4H,1-2,5-6H2. The first-order valence-electron chi connectivity index (χ1n) is 4.07. The molecule has 0 heterocycles. The van der Waals surface area contributed by atoms with Crippen molar-refractivity contribution in [1.82, 2.24) is 0 Å². The van der Waals surface area contributed by atoms with E-state index >= 15 is 0 Å². The molecule has 2 atom stereocenters. The first kappa shape index (κ1) is 14.4. The van der Waals surface area contributed by atoms with E-state index in [0.29, 0.717) is 0 Å². The molecule has 0 spiro atoms. The van der Waals surface area contributed by atoms with Crippen molar-refractivity contribution in [2.45, 2.75) is 12.1 Å². The molecule has 3 nitrogen and oxygen atoms in total. The van der Waals surface area contributed by atoms with E-state index in [4.69, 9.17) is 36.8 Å². The van der Waals surface area contributed by atoms with E-state index in [1.54, 1.807) is 0 Å². The summed E-state index contributed by atoms with van der Waals surface area (Å²) in [4.78, 5) is 0. The molecule has 0 aliphatic rings. The van der Waals surface area contributed by atoms with E-state index in [2.05, 4.69) is 13.2 Å². The lowest BCUT2D eigenvalue weighted by Gasteiger charge is -2.23. The fourth-order valence-electron chi connectivity index (χ4n) is 0.848. The van der Waals surface area contributed by atoms with Crippen molar-refractivity contribution in [3.8, 4) is 11.4 Å². The third kappa shape index (κ3) is 4.65. The van der Waals surface area contributed by atoms with Crippen LogP contribution in [0.25, 0.3) is 0 Å². The van der Waals surface area contributed by atoms with Crippen LogP contribution in [0.15, 0.2) is 25.3 Å². The van der Waals surface area contributed by atoms with Crippen LogP contribution in [0.1, 0.15) is 0 Å². The van der Waals surface area contributed by atoms with Crippen molar-refractivity contribution in [2.24, 2.45) is 0 Å². The number of rotatable bonds is 6. The van der Waals surface area contributed by atoms with E-state index in [1.807, 2.05) is 11.4 Å². The Labute approximate surface area is 101 Å². The Morgan fingerprint density at radius 3 is 1.60 bits per heavy atom. The topological polar surface area (TPSA) is 56.8 Å². The Bertz CT molecular complexity index is 307. The molecule has 2 unspecified atom stereocenters. The van der Waals surface area contributed by atoms with Gasteiger partial charge in [0.1, 0.15) is 0 Å². The predicted octanol–water partition coefficient (Wildman–Crippen LogP) is 2.86. The van der Waals surface area contributed by atoms with Crippen LogP contribution in [0.5, 0.6) is 0 Å². The highest BCUT2D eigenvalue weighted by Gasteiger charge is 2.44. The molecule has 0 N–H and O–H groups in total. The van der Waals surface area contributed by atoms with E-state index in [1.165, 1.54) is 12.2 Å². The normalized spacial score (nSPS) is 17.6. The van der Waals surface area contributed by atoms with E-state index in [0.717, 1.165) is 0 Å². The lowest BCUT2D eigenvalue weighted by molar-refractivity contribution is 0.593. The van der Waals surface area contributed by atoms with Crippen LogP contribution in [0, 0.1) is 21.9 Å². The quantitative estimate of drug-likeness (QED) is 0.426. The van der Waals surface area contributed by atoms with Gasteiger partial charge in [-0.3, -0.25) is 0 Å². The van der Waals surface area contributed by atoms with Gasteiger partial charge in [0, 0.05) is 12.1 Å². The summed E-state index contributed by atoms with van der Waals surface area (Å²) in [7, 11) is -6.20. The Morgan fingerprint density at radius 2 is 1.40 bits per heavy atom. The summed E-state index contributed by atoms with van der Waals surface area (Å²) in [5.74, 6) is 0. The average molecular weight is 277 g/mol. The van der Waals surface area contributed by atoms with Gasteiger partial charge in [-0.05, 0) is 0 Å². The van der Waals surface area contributed by atoms with Crippen LogP contribution < -0.4 is 0 Å². The molecule has 0 saturated heterocycles. The second-order valence-corrected chi connectivity index (χ2v) is 11.4. The SMILES string of the molecule is C=CC[Si](Cl)(C#N)O[Si](Cl)(C#N)CC=C. The maximum absolute atomic E-state index is 8.88. The molecule has 0 aromatic heterocycles. The molecule has 0 aromatic rings. The molecule has 0 bridgehead atoms. The molecular formula is C8H10Cl2N2OSi2. The predicted molar refractivity (Wildman–Crippen MR) is 65.5 cm³/mol. The maximum Gasteiger partial charge on any atom is 0.397 e. The van der Waals surface area contributed by atoms with Crippen LogP contribution in [0.4, 0.5) is 0 Å². The molecule has 0 aliphatic heterocycles. The average Bonchev–Trinajstić information content (AvgIpc) is 2.18. The largest absolute Gasteiger partial charge is 0.412 e. The third-order valence-corrected chi connectivity index (χ3v) is 9.18. The van der Waals surface area contributed by atoms with Gasteiger partial charge < -0.3 is 4.12 Å². The minimum absolute atomic E-state index is 0.241. The van der Waals surface area contributed by atoms with Crippen molar-refractivity contribution in [1.29, 1.82) is 10.5 Å². The van der Waals surface area contributed by atoms with Crippen LogP contribution in [-0.4, -0.2) is 15.3 Å². The number of allylic oxidation sites excluding steroid dienone is 2. The number of hydrogen-bond acceptors (Lipinski definition) is 3. The molecule has 0 aromatic carbocycles. The highest BCUT2D eigenvalue weighted by Crippen LogP contribution is 2.26. The van der Waals surface area contributed by atoms with Crippen molar-refractivity contribution in [2.75, 3.05) is 0 Å². The van der Waals surface area contributed by atoms with E-state index in [9.17, 15) is 0 Å². The van der Waals surface area contributed by atoms with Gasteiger partial charge in [-0.15, -0.1) is 35.3 Å². The highest BCUT2D eigenvalue weighted by atomic mass is 35.6. The Hall–Kier alpha value is -0.566. The molecule has 7 heteroatoms. The van der Waals surface area contributed by atoms with Gasteiger partial charge in [0.25, 0.3) is 0 Å². The van der Waals surface area contributed by atoms with Gasteiger partial charge in [0.2, 0.25) is 0 Å². The molecule has 15 heavy (non-hydrogen) atoms. The molecule has 0 radical (unpaired) electrons. The molecule has 0 fully saturated rings. The van der Waals surface area contributed by atoms with Crippen molar-refractivity contribution < 1.29 is 4.12 Å². The fraction of sp³-hybridized carbons (Fsp3) is 0.250. The fourth-order valence-corrected chi connectivity index (χ4v) is 8.24. The van der Waals surface area contributed by atoms with E-state index in [-0.39, 0.29) is 12.1 Å². The van der Waals surface area contributed by atoms with Gasteiger partial charge in [0.15, 0.2) is 0 Å². The zero-order valence-corrected chi connectivity index (χ0v) is 11.6. The number of nitrogens with zero attached hydrogens (tertiary/aromatic N) is 2. The summed E-state index contributed by atoms with van der Waals surface area (Å²) in [5, 5.41) is 17.8. The van der Waals surface area contributed by atoms with Crippen molar-refractivity contribution in [3.05, 3.63) is 25.3 Å². The summed E-state index contributed by atoms with van der Waals surface area (Å²) >= 11 is 11.9. The molecular weight excluding hydrogens is 267 g/mol. The molecule has 0 rings (SSSR count). The molecule has 80 valence electrons. The Kier molecular flexibility index (Phi) is 5.88. The summed E-state index contributed by atoms with van der Waals surface area (Å²) in [6, 6.07) is 0.483. The smallest absolute Gasteiger partial charge is 0.397 e. The number of hydrogen-bond donors (Lipinski definition) is 0. The molecule has 0 saturated carbocycles. The van der Waals surface area contributed by atoms with Gasteiger partial charge >= 0.3 is 15.3 Å². The lowest BCUT2D eigenvalue weighted by Crippen LogP contribution is -2.43. The summed E-state index contributed by atoms with van der Waals surface area (Å²) < 4.78 is 5.35. The van der Waals surface area contributed by atoms with Crippen LogP contribution in [0.2, 0.25) is 12.1 Å². The van der Waals surface area contributed by atoms with Crippen LogP contribution in [-0.2, 0) is 4.12 Å². The highest BCUT2D eigenvalue weighted by molar-refractivity contribution is 7.30. The maximum atomic E-state index is 8.88. The Morgan fingerprint density at radius 1 is 1.07 bits per heavy atom. The van der Waals surface area contributed by atoms with Crippen LogP contribution in [0.3, 0.4) is 0 Å². The first-order chi connectivity index (χ1) is 6.95. The van der Waals surface area contributed by atoms with Crippen LogP contribution >= 0.6 is 22.2 Å².